The molecule has 1 aliphatic rings. The summed E-state index contributed by atoms with van der Waals surface area (Å²) in [6.45, 7) is 2.33. The summed E-state index contributed by atoms with van der Waals surface area (Å²) in [6.07, 6.45) is 5.16. The number of nitrogens with zero attached hydrogens (tertiary/aromatic N) is 4. The predicted octanol–water partition coefficient (Wildman–Crippen LogP) is 4.22. The molecule has 1 amide bonds. The molecule has 3 heterocycles. The van der Waals surface area contributed by atoms with Crippen LogP contribution in [0.2, 0.25) is 0 Å². The Morgan fingerprint density at radius 2 is 1.97 bits per heavy atom. The highest BCUT2D eigenvalue weighted by atomic mass is 32.2. The van der Waals surface area contributed by atoms with Crippen LogP contribution in [0.3, 0.4) is 0 Å². The third-order valence-electron chi connectivity index (χ3n) is 6.18. The molecule has 4 aromatic rings. The van der Waals surface area contributed by atoms with Crippen LogP contribution in [0.15, 0.2) is 67.0 Å². The van der Waals surface area contributed by atoms with E-state index in [1.54, 1.807) is 41.9 Å². The van der Waals surface area contributed by atoms with Gasteiger partial charge in [0.15, 0.2) is 5.65 Å². The molecular weight excluding hydrogens is 483 g/mol. The third-order valence-corrected chi connectivity index (χ3v) is 7.49. The standard InChI is InChI=1S/C25H25FN6O3S/c1-2-36(34,35)30-20-10-8-17(9-11-20)25(33)28-21-16-27-32-14-12-23(29-24(21)32)31-13-4-7-22(31)18-5-3-6-19(26)15-18/h3,5-6,8-12,14-16,22,30H,2,4,7,13H2,1H3,(H,28,33). The number of carbonyl (C=O) groups is 1. The molecule has 0 bridgehead atoms. The van der Waals surface area contributed by atoms with Crippen LogP contribution >= 0.6 is 0 Å². The average Bonchev–Trinajstić information content (AvgIpc) is 3.51. The Morgan fingerprint density at radius 3 is 2.72 bits per heavy atom. The van der Waals surface area contributed by atoms with Gasteiger partial charge in [-0.15, -0.1) is 0 Å². The Balaban J connectivity index is 1.36. The maximum Gasteiger partial charge on any atom is 0.255 e. The van der Waals surface area contributed by atoms with E-state index in [9.17, 15) is 17.6 Å². The van der Waals surface area contributed by atoms with Gasteiger partial charge in [0, 0.05) is 24.0 Å². The molecule has 186 valence electrons. The molecule has 5 rings (SSSR count). The average molecular weight is 509 g/mol. The Hall–Kier alpha value is -3.99. The van der Waals surface area contributed by atoms with E-state index < -0.39 is 10.0 Å². The van der Waals surface area contributed by atoms with Gasteiger partial charge in [0.2, 0.25) is 10.0 Å². The van der Waals surface area contributed by atoms with E-state index in [2.05, 4.69) is 20.0 Å². The zero-order valence-corrected chi connectivity index (χ0v) is 20.4. The molecule has 11 heteroatoms. The van der Waals surface area contributed by atoms with Crippen LogP contribution in [0.5, 0.6) is 0 Å². The molecule has 2 aromatic carbocycles. The lowest BCUT2D eigenvalue weighted by atomic mass is 10.0. The van der Waals surface area contributed by atoms with Crippen molar-refractivity contribution in [2.75, 3.05) is 27.2 Å². The normalized spacial score (nSPS) is 15.8. The molecule has 1 atom stereocenters. The van der Waals surface area contributed by atoms with Crippen LogP contribution in [-0.4, -0.2) is 41.2 Å². The Labute approximate surface area is 208 Å². The highest BCUT2D eigenvalue weighted by Gasteiger charge is 2.28. The van der Waals surface area contributed by atoms with Crippen LogP contribution in [-0.2, 0) is 10.0 Å². The first-order chi connectivity index (χ1) is 17.3. The molecule has 0 spiro atoms. The number of hydrogen-bond donors (Lipinski definition) is 2. The second-order valence-electron chi connectivity index (χ2n) is 8.56. The summed E-state index contributed by atoms with van der Waals surface area (Å²) in [6, 6.07) is 14.7. The van der Waals surface area contributed by atoms with E-state index in [0.717, 1.165) is 30.8 Å². The lowest BCUT2D eigenvalue weighted by molar-refractivity contribution is 0.102. The molecule has 1 unspecified atom stereocenters. The van der Waals surface area contributed by atoms with Crippen molar-refractivity contribution in [3.05, 3.63) is 83.9 Å². The summed E-state index contributed by atoms with van der Waals surface area (Å²) in [5.41, 5.74) is 2.57. The maximum atomic E-state index is 13.8. The largest absolute Gasteiger partial charge is 0.349 e. The first-order valence-corrected chi connectivity index (χ1v) is 13.3. The van der Waals surface area contributed by atoms with Gasteiger partial charge in [-0.25, -0.2) is 22.3 Å². The van der Waals surface area contributed by atoms with E-state index in [4.69, 9.17) is 4.98 Å². The second-order valence-corrected chi connectivity index (χ2v) is 10.6. The number of anilines is 3. The van der Waals surface area contributed by atoms with Gasteiger partial charge in [0.05, 0.1) is 18.0 Å². The van der Waals surface area contributed by atoms with Crippen molar-refractivity contribution in [3.8, 4) is 0 Å². The number of amides is 1. The molecule has 1 aliphatic heterocycles. The minimum atomic E-state index is -3.40. The van der Waals surface area contributed by atoms with Gasteiger partial charge in [-0.05, 0) is 67.8 Å². The third kappa shape index (κ3) is 4.87. The van der Waals surface area contributed by atoms with E-state index in [1.165, 1.54) is 24.4 Å². The molecule has 0 radical (unpaired) electrons. The fraction of sp³-hybridized carbons (Fsp3) is 0.240. The number of carbonyl (C=O) groups excluding carboxylic acids is 1. The fourth-order valence-corrected chi connectivity index (χ4v) is 4.98. The lowest BCUT2D eigenvalue weighted by Gasteiger charge is -2.26. The summed E-state index contributed by atoms with van der Waals surface area (Å²) in [5.74, 6) is 0.0392. The smallest absolute Gasteiger partial charge is 0.255 e. The van der Waals surface area contributed by atoms with Crippen molar-refractivity contribution in [2.45, 2.75) is 25.8 Å². The molecule has 0 aliphatic carbocycles. The molecule has 1 saturated heterocycles. The highest BCUT2D eigenvalue weighted by Crippen LogP contribution is 2.36. The summed E-state index contributed by atoms with van der Waals surface area (Å²) < 4.78 is 41.3. The zero-order chi connectivity index (χ0) is 25.3. The van der Waals surface area contributed by atoms with Gasteiger partial charge in [-0.1, -0.05) is 12.1 Å². The second kappa shape index (κ2) is 9.57. The van der Waals surface area contributed by atoms with E-state index in [0.29, 0.717) is 22.6 Å². The van der Waals surface area contributed by atoms with E-state index >= 15 is 0 Å². The number of aromatic nitrogens is 3. The van der Waals surface area contributed by atoms with Crippen LogP contribution < -0.4 is 14.9 Å². The van der Waals surface area contributed by atoms with Crippen molar-refractivity contribution in [3.63, 3.8) is 0 Å². The van der Waals surface area contributed by atoms with E-state index in [1.807, 2.05) is 12.1 Å². The Bertz CT molecular complexity index is 1520. The van der Waals surface area contributed by atoms with Gasteiger partial charge in [-0.2, -0.15) is 5.10 Å². The Morgan fingerprint density at radius 1 is 1.17 bits per heavy atom. The molecule has 1 fully saturated rings. The quantitative estimate of drug-likeness (QED) is 0.387. The van der Waals surface area contributed by atoms with Crippen LogP contribution in [0.4, 0.5) is 21.6 Å². The highest BCUT2D eigenvalue weighted by molar-refractivity contribution is 7.92. The first-order valence-electron chi connectivity index (χ1n) is 11.6. The van der Waals surface area contributed by atoms with Crippen LogP contribution in [0.25, 0.3) is 5.65 Å². The Kier molecular flexibility index (Phi) is 6.31. The summed E-state index contributed by atoms with van der Waals surface area (Å²) in [5, 5.41) is 7.12. The number of nitrogens with one attached hydrogen (secondary N) is 2. The first kappa shape index (κ1) is 23.7. The van der Waals surface area contributed by atoms with Crippen molar-refractivity contribution in [2.24, 2.45) is 0 Å². The SMILES string of the molecule is CCS(=O)(=O)Nc1ccc(C(=O)Nc2cnn3ccc(N4CCCC4c4cccc(F)c4)nc23)cc1. The monoisotopic (exact) mass is 508 g/mol. The van der Waals surface area contributed by atoms with Gasteiger partial charge in [-0.3, -0.25) is 9.52 Å². The molecule has 2 N–H and O–H groups in total. The van der Waals surface area contributed by atoms with Gasteiger partial charge in [0.25, 0.3) is 5.91 Å². The molecule has 2 aromatic heterocycles. The topological polar surface area (TPSA) is 109 Å². The minimum Gasteiger partial charge on any atom is -0.349 e. The molecule has 36 heavy (non-hydrogen) atoms. The van der Waals surface area contributed by atoms with E-state index in [-0.39, 0.29) is 23.5 Å². The van der Waals surface area contributed by atoms with Crippen molar-refractivity contribution < 1.29 is 17.6 Å². The van der Waals surface area contributed by atoms with Crippen LogP contribution in [0, 0.1) is 5.82 Å². The van der Waals surface area contributed by atoms with Gasteiger partial charge >= 0.3 is 0 Å². The number of fused-ring (bicyclic) bond motifs is 1. The minimum absolute atomic E-state index is 0.0141. The van der Waals surface area contributed by atoms with Gasteiger partial charge in [0.1, 0.15) is 17.3 Å². The fourth-order valence-electron chi connectivity index (χ4n) is 4.34. The van der Waals surface area contributed by atoms with Crippen molar-refractivity contribution >= 4 is 38.8 Å². The van der Waals surface area contributed by atoms with Crippen LogP contribution in [0.1, 0.15) is 41.7 Å². The number of halogens is 1. The maximum absolute atomic E-state index is 13.8. The molecule has 9 nitrogen and oxygen atoms in total. The number of hydrogen-bond acceptors (Lipinski definition) is 6. The number of sulfonamides is 1. The van der Waals surface area contributed by atoms with Gasteiger partial charge < -0.3 is 10.2 Å². The summed E-state index contributed by atoms with van der Waals surface area (Å²) >= 11 is 0. The number of benzene rings is 2. The summed E-state index contributed by atoms with van der Waals surface area (Å²) in [7, 11) is -3.40. The summed E-state index contributed by atoms with van der Waals surface area (Å²) in [4.78, 5) is 19.8. The number of rotatable bonds is 7. The molecule has 0 saturated carbocycles. The zero-order valence-electron chi connectivity index (χ0n) is 19.6. The van der Waals surface area contributed by atoms with Crippen molar-refractivity contribution in [1.29, 1.82) is 0 Å². The molecular formula is C25H25FN6O3S. The predicted molar refractivity (Wildman–Crippen MR) is 136 cm³/mol. The van der Waals surface area contributed by atoms with Crippen molar-refractivity contribution in [1.82, 2.24) is 14.6 Å². The lowest BCUT2D eigenvalue weighted by Crippen LogP contribution is -2.24.